The number of hydrogen-bond donors (Lipinski definition) is 0. The highest BCUT2D eigenvalue weighted by Gasteiger charge is 2.28. The first-order valence-corrected chi connectivity index (χ1v) is 7.83. The van der Waals surface area contributed by atoms with Crippen LogP contribution in [0.5, 0.6) is 0 Å². The van der Waals surface area contributed by atoms with Gasteiger partial charge in [-0.1, -0.05) is 55.4 Å². The highest BCUT2D eigenvalue weighted by Crippen LogP contribution is 2.26. The number of aromatic nitrogens is 2. The van der Waals surface area contributed by atoms with Gasteiger partial charge in [0.1, 0.15) is 24.5 Å². The van der Waals surface area contributed by atoms with Gasteiger partial charge in [0.15, 0.2) is 0 Å². The van der Waals surface area contributed by atoms with E-state index in [-0.39, 0.29) is 12.4 Å². The van der Waals surface area contributed by atoms with E-state index < -0.39 is 0 Å². The topological polar surface area (TPSA) is 8.81 Å². The normalized spacial score (nSPS) is 12.3. The van der Waals surface area contributed by atoms with Crippen LogP contribution >= 0.6 is 0 Å². The Bertz CT molecular complexity index is 330. The van der Waals surface area contributed by atoms with E-state index in [4.69, 9.17) is 0 Å². The molecule has 0 saturated carbocycles. The maximum atomic E-state index is 2.41. The number of imidazole rings is 1. The Morgan fingerprint density at radius 1 is 0.750 bits per heavy atom. The van der Waals surface area contributed by atoms with Crippen LogP contribution in [0.25, 0.3) is 0 Å². The second-order valence-corrected chi connectivity index (χ2v) is 7.27. The van der Waals surface area contributed by atoms with Crippen LogP contribution in [0.2, 0.25) is 0 Å². The minimum Gasteiger partial charge on any atom is -1.00 e. The quantitative estimate of drug-likeness (QED) is 0.704. The molecule has 118 valence electrons. The van der Waals surface area contributed by atoms with Gasteiger partial charge in [0, 0.05) is 0 Å². The van der Waals surface area contributed by atoms with E-state index >= 15 is 0 Å². The Kier molecular flexibility index (Phi) is 7.87. The van der Waals surface area contributed by atoms with Crippen molar-refractivity contribution in [2.45, 2.75) is 67.5 Å². The highest BCUT2D eigenvalue weighted by molar-refractivity contribution is 4.80. The second kappa shape index (κ2) is 8.07. The predicted molar refractivity (Wildman–Crippen MR) is 82.1 cm³/mol. The Labute approximate surface area is 132 Å². The molecule has 3 heteroatoms. The summed E-state index contributed by atoms with van der Waals surface area (Å²) in [5.41, 5.74) is 0. The fourth-order valence-corrected chi connectivity index (χ4v) is 3.65. The van der Waals surface area contributed by atoms with Crippen LogP contribution in [-0.2, 0) is 0 Å². The Morgan fingerprint density at radius 3 is 1.55 bits per heavy atom. The highest BCUT2D eigenvalue weighted by atomic mass is 35.5. The molecule has 20 heavy (non-hydrogen) atoms. The van der Waals surface area contributed by atoms with E-state index in [1.807, 2.05) is 0 Å². The van der Waals surface area contributed by atoms with Crippen molar-refractivity contribution in [2.75, 3.05) is 0 Å². The van der Waals surface area contributed by atoms with Crippen molar-refractivity contribution in [3.8, 4) is 0 Å². The molecule has 0 unspecified atom stereocenters. The lowest BCUT2D eigenvalue weighted by Crippen LogP contribution is -3.00. The third-order valence-electron chi connectivity index (χ3n) is 4.10. The molecular weight excluding hydrogens is 268 g/mol. The van der Waals surface area contributed by atoms with E-state index in [2.05, 4.69) is 83.2 Å². The molecule has 0 amide bonds. The van der Waals surface area contributed by atoms with E-state index in [1.165, 1.54) is 0 Å². The molecule has 0 bridgehead atoms. The molecule has 0 atom stereocenters. The Hall–Kier alpha value is -0.500. The lowest BCUT2D eigenvalue weighted by Gasteiger charge is -2.23. The molecule has 1 rings (SSSR count). The molecule has 0 aliphatic carbocycles. The van der Waals surface area contributed by atoms with Crippen LogP contribution in [0.1, 0.15) is 67.5 Å². The summed E-state index contributed by atoms with van der Waals surface area (Å²) in [6.45, 7) is 18.5. The van der Waals surface area contributed by atoms with Gasteiger partial charge in [-0.3, -0.25) is 0 Å². The van der Waals surface area contributed by atoms with Crippen LogP contribution in [-0.4, -0.2) is 4.57 Å². The number of hydrogen-bond acceptors (Lipinski definition) is 0. The minimum absolute atomic E-state index is 0. The van der Waals surface area contributed by atoms with Crippen LogP contribution in [0.3, 0.4) is 0 Å². The number of rotatable bonds is 6. The van der Waals surface area contributed by atoms with Gasteiger partial charge >= 0.3 is 0 Å². The van der Waals surface area contributed by atoms with Crippen LogP contribution in [0, 0.1) is 23.7 Å². The number of halogens is 1. The van der Waals surface area contributed by atoms with Crippen LogP contribution in [0.4, 0.5) is 0 Å². The summed E-state index contributed by atoms with van der Waals surface area (Å²) in [6.07, 6.45) is 6.82. The summed E-state index contributed by atoms with van der Waals surface area (Å²) in [4.78, 5) is 0. The van der Waals surface area contributed by atoms with Gasteiger partial charge in [-0.15, -0.1) is 0 Å². The van der Waals surface area contributed by atoms with E-state index in [1.54, 1.807) is 0 Å². The summed E-state index contributed by atoms with van der Waals surface area (Å²) in [7, 11) is 0. The van der Waals surface area contributed by atoms with Gasteiger partial charge in [-0.05, 0) is 23.7 Å². The zero-order chi connectivity index (χ0) is 14.7. The summed E-state index contributed by atoms with van der Waals surface area (Å²) in [5.74, 6) is 2.66. The molecule has 0 fully saturated rings. The van der Waals surface area contributed by atoms with Crippen LogP contribution in [0.15, 0.2) is 18.7 Å². The first-order valence-electron chi connectivity index (χ1n) is 7.83. The first kappa shape index (κ1) is 19.5. The van der Waals surface area contributed by atoms with Crippen molar-refractivity contribution < 1.29 is 17.0 Å². The Balaban J connectivity index is 0.00000361. The molecular formula is C17H33ClN2. The maximum absolute atomic E-state index is 2.41. The zero-order valence-corrected chi connectivity index (χ0v) is 15.2. The van der Waals surface area contributed by atoms with Gasteiger partial charge in [-0.25, -0.2) is 9.13 Å². The first-order chi connectivity index (χ1) is 8.75. The molecule has 0 aliphatic rings. The van der Waals surface area contributed by atoms with Gasteiger partial charge in [0.25, 0.3) is 0 Å². The summed E-state index contributed by atoms with van der Waals surface area (Å²) < 4.78 is 4.82. The van der Waals surface area contributed by atoms with Crippen molar-refractivity contribution in [3.05, 3.63) is 18.7 Å². The van der Waals surface area contributed by atoms with Crippen molar-refractivity contribution in [3.63, 3.8) is 0 Å². The van der Waals surface area contributed by atoms with Gasteiger partial charge < -0.3 is 12.4 Å². The van der Waals surface area contributed by atoms with Crippen LogP contribution < -0.4 is 17.0 Å². The van der Waals surface area contributed by atoms with Gasteiger partial charge in [0.2, 0.25) is 6.33 Å². The lowest BCUT2D eigenvalue weighted by atomic mass is 9.93. The molecule has 1 aromatic heterocycles. The largest absolute Gasteiger partial charge is 1.00 e. The molecule has 2 nitrogen and oxygen atoms in total. The average molecular weight is 301 g/mol. The predicted octanol–water partition coefficient (Wildman–Crippen LogP) is 1.49. The molecule has 0 radical (unpaired) electrons. The fourth-order valence-electron chi connectivity index (χ4n) is 3.65. The summed E-state index contributed by atoms with van der Waals surface area (Å²) in [6, 6.07) is 1.17. The van der Waals surface area contributed by atoms with Gasteiger partial charge in [-0.2, -0.15) is 0 Å². The fraction of sp³-hybridized carbons (Fsp3) is 0.824. The van der Waals surface area contributed by atoms with E-state index in [0.29, 0.717) is 35.8 Å². The van der Waals surface area contributed by atoms with Crippen molar-refractivity contribution >= 4 is 0 Å². The Morgan fingerprint density at radius 2 is 1.20 bits per heavy atom. The number of nitrogens with zero attached hydrogens (tertiary/aromatic N) is 2. The lowest BCUT2D eigenvalue weighted by molar-refractivity contribution is -0.735. The molecule has 0 aromatic carbocycles. The second-order valence-electron chi connectivity index (χ2n) is 7.27. The third kappa shape index (κ3) is 4.51. The summed E-state index contributed by atoms with van der Waals surface area (Å²) >= 11 is 0. The van der Waals surface area contributed by atoms with E-state index in [0.717, 1.165) is 0 Å². The smallest absolute Gasteiger partial charge is 0.244 e. The van der Waals surface area contributed by atoms with Crippen molar-refractivity contribution in [1.29, 1.82) is 0 Å². The minimum atomic E-state index is 0. The van der Waals surface area contributed by atoms with E-state index in [9.17, 15) is 0 Å². The molecule has 1 aromatic rings. The molecule has 1 heterocycles. The molecule has 0 saturated heterocycles. The molecule has 0 N–H and O–H groups in total. The van der Waals surface area contributed by atoms with Crippen molar-refractivity contribution in [2.24, 2.45) is 23.7 Å². The monoisotopic (exact) mass is 300 g/mol. The average Bonchev–Trinajstić information content (AvgIpc) is 2.64. The summed E-state index contributed by atoms with van der Waals surface area (Å²) in [5, 5.41) is 0. The van der Waals surface area contributed by atoms with Crippen molar-refractivity contribution in [1.82, 2.24) is 4.57 Å². The third-order valence-corrected chi connectivity index (χ3v) is 4.10. The SMILES string of the molecule is CC(C)C(C(C)C)n1cc[n+](C(C(C)C)C(C)C)c1.[Cl-]. The molecule has 0 spiro atoms. The molecule has 0 aliphatic heterocycles. The van der Waals surface area contributed by atoms with Gasteiger partial charge in [0.05, 0.1) is 0 Å². The standard InChI is InChI=1S/C17H33N2.ClH/c1-12(2)16(13(3)4)18-9-10-19(11-18)17(14(5)6)15(7)8;/h9-17H,1-8H3;1H/q+1;/p-1. The zero-order valence-electron chi connectivity index (χ0n) is 14.5. The maximum Gasteiger partial charge on any atom is 0.244 e.